The van der Waals surface area contributed by atoms with Crippen molar-refractivity contribution >= 4 is 45.0 Å². The summed E-state index contributed by atoms with van der Waals surface area (Å²) in [5.41, 5.74) is 2.14. The first-order valence-electron chi connectivity index (χ1n) is 10.9. The second-order valence-corrected chi connectivity index (χ2v) is 9.27. The van der Waals surface area contributed by atoms with Crippen molar-refractivity contribution < 1.29 is 5.11 Å². The average Bonchev–Trinajstić information content (AvgIpc) is 3.33. The zero-order chi connectivity index (χ0) is 24.0. The highest BCUT2D eigenvalue weighted by atomic mass is 35.5. The summed E-state index contributed by atoms with van der Waals surface area (Å²) in [5.74, 6) is 0.808. The van der Waals surface area contributed by atoms with Crippen molar-refractivity contribution in [2.24, 2.45) is 7.05 Å². The molecule has 5 aromatic rings. The molecule has 0 spiro atoms. The van der Waals surface area contributed by atoms with Gasteiger partial charge in [0.2, 0.25) is 0 Å². The third-order valence-corrected chi connectivity index (χ3v) is 6.03. The Bertz CT molecular complexity index is 1580. The van der Waals surface area contributed by atoms with E-state index in [9.17, 15) is 9.90 Å². The highest BCUT2D eigenvalue weighted by Crippen LogP contribution is 2.27. The number of halogens is 1. The number of anilines is 2. The van der Waals surface area contributed by atoms with Crippen LogP contribution in [0.25, 0.3) is 27.9 Å². The number of hydrogen-bond donors (Lipinski definition) is 2. The minimum Gasteiger partial charge on any atom is -0.390 e. The zero-order valence-corrected chi connectivity index (χ0v) is 19.8. The molecule has 0 unspecified atom stereocenters. The second kappa shape index (κ2) is 8.27. The summed E-state index contributed by atoms with van der Waals surface area (Å²) in [5, 5.41) is 19.1. The molecule has 0 radical (unpaired) electrons. The second-order valence-electron chi connectivity index (χ2n) is 8.87. The van der Waals surface area contributed by atoms with Crippen molar-refractivity contribution in [3.05, 3.63) is 70.4 Å². The predicted octanol–water partition coefficient (Wildman–Crippen LogP) is 4.03. The molecule has 10 heteroatoms. The molecule has 5 rings (SSSR count). The lowest BCUT2D eigenvalue weighted by atomic mass is 10.1. The molecule has 174 valence electrons. The molecule has 0 aliphatic rings. The van der Waals surface area contributed by atoms with Gasteiger partial charge in [-0.2, -0.15) is 14.8 Å². The van der Waals surface area contributed by atoms with Crippen molar-refractivity contribution in [2.45, 2.75) is 32.4 Å². The van der Waals surface area contributed by atoms with Crippen LogP contribution in [-0.4, -0.2) is 39.6 Å². The van der Waals surface area contributed by atoms with Crippen LogP contribution in [0.2, 0.25) is 5.02 Å². The van der Waals surface area contributed by atoms with E-state index < -0.39 is 5.60 Å². The number of nitrogens with one attached hydrogen (secondary N) is 1. The molecule has 9 nitrogen and oxygen atoms in total. The van der Waals surface area contributed by atoms with Crippen LogP contribution in [0.4, 0.5) is 11.5 Å². The van der Waals surface area contributed by atoms with Gasteiger partial charge in [0.25, 0.3) is 5.95 Å². The van der Waals surface area contributed by atoms with Crippen LogP contribution >= 0.6 is 11.6 Å². The van der Waals surface area contributed by atoms with Gasteiger partial charge in [-0.05, 0) is 44.5 Å². The van der Waals surface area contributed by atoms with Crippen LogP contribution in [0.15, 0.2) is 59.7 Å². The number of benzene rings is 2. The predicted molar refractivity (Wildman–Crippen MR) is 133 cm³/mol. The van der Waals surface area contributed by atoms with E-state index in [-0.39, 0.29) is 5.69 Å². The molecule has 0 atom stereocenters. The Morgan fingerprint density at radius 1 is 1.09 bits per heavy atom. The summed E-state index contributed by atoms with van der Waals surface area (Å²) in [6, 6.07) is 13.4. The Kier molecular flexibility index (Phi) is 5.38. The Morgan fingerprint density at radius 3 is 2.68 bits per heavy atom. The third kappa shape index (κ3) is 4.04. The summed E-state index contributed by atoms with van der Waals surface area (Å²) in [6.45, 7) is 3.86. The number of aromatic nitrogens is 6. The highest BCUT2D eigenvalue weighted by Gasteiger charge is 2.17. The van der Waals surface area contributed by atoms with Gasteiger partial charge in [0, 0.05) is 24.7 Å². The van der Waals surface area contributed by atoms with Gasteiger partial charge >= 0.3 is 5.69 Å². The fourth-order valence-corrected chi connectivity index (χ4v) is 4.04. The number of hydrogen-bond acceptors (Lipinski definition) is 6. The van der Waals surface area contributed by atoms with Crippen molar-refractivity contribution in [3.63, 3.8) is 0 Å². The number of rotatable bonds is 6. The van der Waals surface area contributed by atoms with E-state index in [1.807, 2.05) is 42.5 Å². The SMILES string of the molecule is Cn1c(=O)n(CCC(C)(C)O)c2cc(Nc3nc(-n4ncc5ccccc54)ncc3Cl)ccc21. The normalized spacial score (nSPS) is 12.0. The number of aliphatic hydroxyl groups is 1. The summed E-state index contributed by atoms with van der Waals surface area (Å²) >= 11 is 6.40. The summed E-state index contributed by atoms with van der Waals surface area (Å²) < 4.78 is 4.93. The standard InChI is InChI=1S/C24H24ClN7O2/c1-24(2,34)10-11-31-20-12-16(8-9-19(20)30(3)23(31)33)28-21-17(25)14-26-22(29-21)32-18-7-5-4-6-15(18)13-27-32/h4-9,12-14,34H,10-11H2,1-3H3,(H,26,28,29). The Hall–Kier alpha value is -3.69. The van der Waals surface area contributed by atoms with E-state index in [0.29, 0.717) is 35.4 Å². The maximum Gasteiger partial charge on any atom is 0.328 e. The molecular formula is C24H24ClN7O2. The molecule has 0 saturated heterocycles. The van der Waals surface area contributed by atoms with E-state index in [1.165, 1.54) is 6.20 Å². The van der Waals surface area contributed by atoms with Crippen LogP contribution in [-0.2, 0) is 13.6 Å². The monoisotopic (exact) mass is 477 g/mol. The molecule has 0 fully saturated rings. The highest BCUT2D eigenvalue weighted by molar-refractivity contribution is 6.32. The number of imidazole rings is 1. The molecular weight excluding hydrogens is 454 g/mol. The first-order valence-corrected chi connectivity index (χ1v) is 11.2. The maximum absolute atomic E-state index is 12.8. The van der Waals surface area contributed by atoms with Crippen molar-refractivity contribution in [2.75, 3.05) is 5.32 Å². The molecule has 3 aromatic heterocycles. The van der Waals surface area contributed by atoms with Gasteiger partial charge in [-0.3, -0.25) is 9.13 Å². The van der Waals surface area contributed by atoms with E-state index >= 15 is 0 Å². The lowest BCUT2D eigenvalue weighted by molar-refractivity contribution is 0.0662. The lowest BCUT2D eigenvalue weighted by Crippen LogP contribution is -2.27. The van der Waals surface area contributed by atoms with Crippen molar-refractivity contribution in [3.8, 4) is 5.95 Å². The fourth-order valence-electron chi connectivity index (χ4n) is 3.91. The van der Waals surface area contributed by atoms with Crippen LogP contribution in [0.3, 0.4) is 0 Å². The molecule has 0 aliphatic heterocycles. The smallest absolute Gasteiger partial charge is 0.328 e. The summed E-state index contributed by atoms with van der Waals surface area (Å²) in [7, 11) is 1.74. The van der Waals surface area contributed by atoms with E-state index in [1.54, 1.807) is 40.9 Å². The number of nitrogens with zero attached hydrogens (tertiary/aromatic N) is 6. The lowest BCUT2D eigenvalue weighted by Gasteiger charge is -2.17. The average molecular weight is 478 g/mol. The molecule has 3 heterocycles. The number of para-hydroxylation sites is 1. The summed E-state index contributed by atoms with van der Waals surface area (Å²) in [4.78, 5) is 21.7. The van der Waals surface area contributed by atoms with Gasteiger partial charge in [0.15, 0.2) is 5.82 Å². The van der Waals surface area contributed by atoms with Crippen LogP contribution in [0.1, 0.15) is 20.3 Å². The fraction of sp³-hybridized carbons (Fsp3) is 0.250. The van der Waals surface area contributed by atoms with Crippen molar-refractivity contribution in [1.82, 2.24) is 28.9 Å². The molecule has 34 heavy (non-hydrogen) atoms. The molecule has 0 aliphatic carbocycles. The Morgan fingerprint density at radius 2 is 1.88 bits per heavy atom. The molecule has 0 bridgehead atoms. The first kappa shape index (κ1) is 22.1. The zero-order valence-electron chi connectivity index (χ0n) is 19.0. The van der Waals surface area contributed by atoms with Gasteiger partial charge in [0.1, 0.15) is 5.02 Å². The topological polar surface area (TPSA) is 103 Å². The van der Waals surface area contributed by atoms with Crippen LogP contribution < -0.4 is 11.0 Å². The molecule has 0 amide bonds. The summed E-state index contributed by atoms with van der Waals surface area (Å²) in [6.07, 6.45) is 3.74. The van der Waals surface area contributed by atoms with Gasteiger partial charge in [-0.1, -0.05) is 29.8 Å². The minimum absolute atomic E-state index is 0.135. The van der Waals surface area contributed by atoms with Crippen molar-refractivity contribution in [1.29, 1.82) is 0 Å². The largest absolute Gasteiger partial charge is 0.390 e. The van der Waals surface area contributed by atoms with Gasteiger partial charge in [-0.25, -0.2) is 9.78 Å². The molecule has 2 N–H and O–H groups in total. The van der Waals surface area contributed by atoms with E-state index in [0.717, 1.165) is 21.9 Å². The van der Waals surface area contributed by atoms with E-state index in [4.69, 9.17) is 11.6 Å². The van der Waals surface area contributed by atoms with Crippen LogP contribution in [0.5, 0.6) is 0 Å². The molecule has 0 saturated carbocycles. The van der Waals surface area contributed by atoms with E-state index in [2.05, 4.69) is 20.4 Å². The third-order valence-electron chi connectivity index (χ3n) is 5.75. The Balaban J connectivity index is 1.52. The molecule has 2 aromatic carbocycles. The van der Waals surface area contributed by atoms with Crippen LogP contribution in [0, 0.1) is 0 Å². The quantitative estimate of drug-likeness (QED) is 0.383. The van der Waals surface area contributed by atoms with Gasteiger partial charge < -0.3 is 10.4 Å². The Labute approximate surface area is 200 Å². The van der Waals surface area contributed by atoms with Gasteiger partial charge in [-0.15, -0.1) is 0 Å². The maximum atomic E-state index is 12.8. The minimum atomic E-state index is -0.876. The van der Waals surface area contributed by atoms with Gasteiger partial charge in [0.05, 0.1) is 34.5 Å². The number of aryl methyl sites for hydroxylation is 2. The first-order chi connectivity index (χ1) is 16.2. The number of fused-ring (bicyclic) bond motifs is 2.